The molecule has 1 N–H and O–H groups in total. The number of hydrogen-bond donors (Lipinski definition) is 1. The standard InChI is InChI=1S/C17H14ClNO2S2/c18-16-7-6-14(23-16)10-19-17(20)12-3-1-4-13(9-12)21-11-15-5-2-8-22-15/h1-9H,10-11H2,(H,19,20). The Kier molecular flexibility index (Phi) is 5.33. The molecule has 1 amide bonds. The van der Waals surface area contributed by atoms with Gasteiger partial charge in [-0.3, -0.25) is 4.79 Å². The molecule has 0 aliphatic heterocycles. The third kappa shape index (κ3) is 4.58. The SMILES string of the molecule is O=C(NCc1ccc(Cl)s1)c1cccc(OCc2cccs2)c1. The topological polar surface area (TPSA) is 38.3 Å². The molecule has 0 bridgehead atoms. The van der Waals surface area contributed by atoms with Crippen LogP contribution in [0.4, 0.5) is 0 Å². The van der Waals surface area contributed by atoms with E-state index in [1.54, 1.807) is 23.5 Å². The fourth-order valence-electron chi connectivity index (χ4n) is 1.99. The summed E-state index contributed by atoms with van der Waals surface area (Å²) in [7, 11) is 0. The van der Waals surface area contributed by atoms with E-state index in [0.717, 1.165) is 14.1 Å². The maximum absolute atomic E-state index is 12.2. The van der Waals surface area contributed by atoms with Crippen LogP contribution < -0.4 is 10.1 Å². The number of benzene rings is 1. The molecule has 23 heavy (non-hydrogen) atoms. The molecule has 0 saturated heterocycles. The summed E-state index contributed by atoms with van der Waals surface area (Å²) < 4.78 is 6.44. The van der Waals surface area contributed by atoms with Gasteiger partial charge in [0.25, 0.3) is 5.91 Å². The van der Waals surface area contributed by atoms with Crippen molar-refractivity contribution in [1.82, 2.24) is 5.32 Å². The second-order valence-electron chi connectivity index (χ2n) is 4.78. The van der Waals surface area contributed by atoms with E-state index in [9.17, 15) is 4.79 Å². The van der Waals surface area contributed by atoms with Crippen molar-refractivity contribution >= 4 is 40.2 Å². The lowest BCUT2D eigenvalue weighted by molar-refractivity contribution is 0.0951. The number of amides is 1. The maximum Gasteiger partial charge on any atom is 0.251 e. The normalized spacial score (nSPS) is 10.5. The van der Waals surface area contributed by atoms with Crippen LogP contribution in [0.25, 0.3) is 0 Å². The molecule has 0 saturated carbocycles. The smallest absolute Gasteiger partial charge is 0.251 e. The summed E-state index contributed by atoms with van der Waals surface area (Å²) in [5.74, 6) is 0.557. The summed E-state index contributed by atoms with van der Waals surface area (Å²) in [6, 6.07) is 14.9. The van der Waals surface area contributed by atoms with E-state index in [1.807, 2.05) is 41.8 Å². The summed E-state index contributed by atoms with van der Waals surface area (Å²) in [5.41, 5.74) is 0.580. The van der Waals surface area contributed by atoms with Crippen LogP contribution in [0, 0.1) is 0 Å². The van der Waals surface area contributed by atoms with Gasteiger partial charge in [0.15, 0.2) is 0 Å². The molecule has 2 aromatic heterocycles. The molecular weight excluding hydrogens is 350 g/mol. The van der Waals surface area contributed by atoms with E-state index in [1.165, 1.54) is 11.3 Å². The Balaban J connectivity index is 1.58. The third-order valence-corrected chi connectivity index (χ3v) is 5.19. The molecule has 0 atom stereocenters. The van der Waals surface area contributed by atoms with E-state index >= 15 is 0 Å². The van der Waals surface area contributed by atoms with Gasteiger partial charge in [-0.25, -0.2) is 0 Å². The lowest BCUT2D eigenvalue weighted by Crippen LogP contribution is -2.22. The molecule has 0 unspecified atom stereocenters. The van der Waals surface area contributed by atoms with E-state index in [-0.39, 0.29) is 5.91 Å². The summed E-state index contributed by atoms with van der Waals surface area (Å²) >= 11 is 8.99. The van der Waals surface area contributed by atoms with Crippen LogP contribution in [-0.4, -0.2) is 5.91 Å². The number of carbonyl (C=O) groups is 1. The minimum atomic E-state index is -0.129. The van der Waals surface area contributed by atoms with Crippen molar-refractivity contribution in [3.63, 3.8) is 0 Å². The van der Waals surface area contributed by atoms with Gasteiger partial charge in [0.1, 0.15) is 12.4 Å². The van der Waals surface area contributed by atoms with Crippen LogP contribution in [0.15, 0.2) is 53.9 Å². The van der Waals surface area contributed by atoms with Crippen LogP contribution in [0.3, 0.4) is 0 Å². The number of halogens is 1. The second kappa shape index (κ2) is 7.64. The first-order valence-corrected chi connectivity index (χ1v) is 9.06. The molecule has 0 spiro atoms. The van der Waals surface area contributed by atoms with Crippen molar-refractivity contribution in [2.24, 2.45) is 0 Å². The maximum atomic E-state index is 12.2. The highest BCUT2D eigenvalue weighted by Crippen LogP contribution is 2.21. The lowest BCUT2D eigenvalue weighted by Gasteiger charge is -2.07. The zero-order valence-corrected chi connectivity index (χ0v) is 14.5. The van der Waals surface area contributed by atoms with E-state index < -0.39 is 0 Å². The van der Waals surface area contributed by atoms with Crippen molar-refractivity contribution in [3.05, 3.63) is 73.6 Å². The number of ether oxygens (including phenoxy) is 1. The van der Waals surface area contributed by atoms with Crippen molar-refractivity contribution in [2.75, 3.05) is 0 Å². The Morgan fingerprint density at radius 2 is 2.04 bits per heavy atom. The zero-order valence-electron chi connectivity index (χ0n) is 12.1. The molecular formula is C17H14ClNO2S2. The first kappa shape index (κ1) is 16.1. The third-order valence-electron chi connectivity index (χ3n) is 3.11. The summed E-state index contributed by atoms with van der Waals surface area (Å²) in [5, 5.41) is 4.90. The van der Waals surface area contributed by atoms with E-state index in [0.29, 0.717) is 24.5 Å². The quantitative estimate of drug-likeness (QED) is 0.671. The van der Waals surface area contributed by atoms with Gasteiger partial charge < -0.3 is 10.1 Å². The van der Waals surface area contributed by atoms with Crippen LogP contribution in [0.1, 0.15) is 20.1 Å². The van der Waals surface area contributed by atoms with Crippen molar-refractivity contribution in [2.45, 2.75) is 13.2 Å². The van der Waals surface area contributed by atoms with Gasteiger partial charge in [0.2, 0.25) is 0 Å². The van der Waals surface area contributed by atoms with E-state index in [4.69, 9.17) is 16.3 Å². The average molecular weight is 364 g/mol. The molecule has 118 valence electrons. The van der Waals surface area contributed by atoms with Gasteiger partial charge in [-0.05, 0) is 41.8 Å². The minimum Gasteiger partial charge on any atom is -0.488 e. The summed E-state index contributed by atoms with van der Waals surface area (Å²) in [6.45, 7) is 0.979. The zero-order chi connectivity index (χ0) is 16.1. The molecule has 6 heteroatoms. The predicted molar refractivity (Wildman–Crippen MR) is 95.6 cm³/mol. The Morgan fingerprint density at radius 1 is 1.13 bits per heavy atom. The van der Waals surface area contributed by atoms with Gasteiger partial charge in [-0.2, -0.15) is 0 Å². The number of carbonyl (C=O) groups excluding carboxylic acids is 1. The Morgan fingerprint density at radius 3 is 2.78 bits per heavy atom. The predicted octanol–water partition coefficient (Wildman–Crippen LogP) is 4.97. The van der Waals surface area contributed by atoms with Crippen molar-refractivity contribution in [3.8, 4) is 5.75 Å². The lowest BCUT2D eigenvalue weighted by atomic mass is 10.2. The number of thiophene rings is 2. The van der Waals surface area contributed by atoms with Crippen molar-refractivity contribution < 1.29 is 9.53 Å². The Labute approximate surface area is 147 Å². The number of hydrogen-bond acceptors (Lipinski definition) is 4. The van der Waals surface area contributed by atoms with Crippen molar-refractivity contribution in [1.29, 1.82) is 0 Å². The number of nitrogens with one attached hydrogen (secondary N) is 1. The van der Waals surface area contributed by atoms with Crippen LogP contribution >= 0.6 is 34.3 Å². The Hall–Kier alpha value is -1.82. The fourth-order valence-corrected chi connectivity index (χ4v) is 3.64. The fraction of sp³-hybridized carbons (Fsp3) is 0.118. The first-order chi connectivity index (χ1) is 11.2. The second-order valence-corrected chi connectivity index (χ2v) is 7.62. The first-order valence-electron chi connectivity index (χ1n) is 6.98. The monoisotopic (exact) mass is 363 g/mol. The average Bonchev–Trinajstić information content (AvgIpc) is 3.22. The highest BCUT2D eigenvalue weighted by molar-refractivity contribution is 7.16. The largest absolute Gasteiger partial charge is 0.488 e. The minimum absolute atomic E-state index is 0.129. The van der Waals surface area contributed by atoms with Crippen LogP contribution in [-0.2, 0) is 13.2 Å². The van der Waals surface area contributed by atoms with Gasteiger partial charge in [0.05, 0.1) is 10.9 Å². The molecule has 0 aliphatic carbocycles. The molecule has 3 rings (SSSR count). The highest BCUT2D eigenvalue weighted by Gasteiger charge is 2.08. The van der Waals surface area contributed by atoms with Crippen LogP contribution in [0.5, 0.6) is 5.75 Å². The van der Waals surface area contributed by atoms with Crippen LogP contribution in [0.2, 0.25) is 4.34 Å². The molecule has 0 radical (unpaired) electrons. The summed E-state index contributed by atoms with van der Waals surface area (Å²) in [6.07, 6.45) is 0. The molecule has 3 aromatic rings. The van der Waals surface area contributed by atoms with Gasteiger partial charge >= 0.3 is 0 Å². The molecule has 1 aromatic carbocycles. The van der Waals surface area contributed by atoms with E-state index in [2.05, 4.69) is 5.32 Å². The molecule has 0 aliphatic rings. The van der Waals surface area contributed by atoms with Gasteiger partial charge in [-0.15, -0.1) is 22.7 Å². The molecule has 0 fully saturated rings. The number of rotatable bonds is 6. The molecule has 3 nitrogen and oxygen atoms in total. The van der Waals surface area contributed by atoms with Gasteiger partial charge in [0, 0.05) is 15.3 Å². The molecule has 2 heterocycles. The Bertz CT molecular complexity index is 784. The summed E-state index contributed by atoms with van der Waals surface area (Å²) in [4.78, 5) is 14.4. The highest BCUT2D eigenvalue weighted by atomic mass is 35.5. The van der Waals surface area contributed by atoms with Gasteiger partial charge in [-0.1, -0.05) is 23.7 Å².